The molecule has 0 amide bonds. The summed E-state index contributed by atoms with van der Waals surface area (Å²) >= 11 is 5.70. The molecule has 2 rings (SSSR count). The van der Waals surface area contributed by atoms with E-state index in [4.69, 9.17) is 4.74 Å². The van der Waals surface area contributed by atoms with Gasteiger partial charge in [0.2, 0.25) is 0 Å². The van der Waals surface area contributed by atoms with Crippen LogP contribution in [0.4, 0.5) is 0 Å². The van der Waals surface area contributed by atoms with Crippen molar-refractivity contribution >= 4 is 38.5 Å². The third-order valence-electron chi connectivity index (χ3n) is 2.21. The van der Waals surface area contributed by atoms with Crippen LogP contribution in [-0.2, 0) is 13.7 Å². The van der Waals surface area contributed by atoms with Gasteiger partial charge in [-0.05, 0) is 50.7 Å². The van der Waals surface area contributed by atoms with Gasteiger partial charge in [-0.2, -0.15) is 5.10 Å². The van der Waals surface area contributed by atoms with Gasteiger partial charge in [-0.1, -0.05) is 12.1 Å². The van der Waals surface area contributed by atoms with Crippen LogP contribution in [-0.4, -0.2) is 9.78 Å². The Morgan fingerprint density at radius 3 is 2.81 bits per heavy atom. The zero-order chi connectivity index (χ0) is 11.5. The molecule has 5 heteroatoms. The first-order valence-electron chi connectivity index (χ1n) is 4.72. The van der Waals surface area contributed by atoms with E-state index in [0.717, 1.165) is 19.5 Å². The van der Waals surface area contributed by atoms with Crippen molar-refractivity contribution in [1.29, 1.82) is 0 Å². The summed E-state index contributed by atoms with van der Waals surface area (Å²) in [4.78, 5) is 0. The zero-order valence-electron chi connectivity index (χ0n) is 8.65. The fourth-order valence-corrected chi connectivity index (χ4v) is 2.31. The molecule has 3 nitrogen and oxygen atoms in total. The van der Waals surface area contributed by atoms with Crippen molar-refractivity contribution in [3.05, 3.63) is 44.2 Å². The molecule has 0 bridgehead atoms. The minimum Gasteiger partial charge on any atom is -0.486 e. The van der Waals surface area contributed by atoms with Crippen LogP contribution in [0.15, 0.2) is 34.9 Å². The topological polar surface area (TPSA) is 27.1 Å². The monoisotopic (exact) mass is 392 g/mol. The first kappa shape index (κ1) is 11.9. The third kappa shape index (κ3) is 2.57. The van der Waals surface area contributed by atoms with Gasteiger partial charge in [0.05, 0.1) is 19.9 Å². The molecule has 0 radical (unpaired) electrons. The standard InChI is InChI=1S/C11H10BrIN2O/c1-15-10(8(12)6-14-15)7-16-11-5-3-2-4-9(11)13/h2-6H,7H2,1H3. The highest BCUT2D eigenvalue weighted by atomic mass is 127. The summed E-state index contributed by atoms with van der Waals surface area (Å²) in [5.41, 5.74) is 1.03. The SMILES string of the molecule is Cn1ncc(Br)c1COc1ccccc1I. The van der Waals surface area contributed by atoms with E-state index in [2.05, 4.69) is 43.6 Å². The van der Waals surface area contributed by atoms with Gasteiger partial charge in [-0.15, -0.1) is 0 Å². The minimum absolute atomic E-state index is 0.511. The van der Waals surface area contributed by atoms with Crippen LogP contribution in [0.2, 0.25) is 0 Å². The Morgan fingerprint density at radius 2 is 2.19 bits per heavy atom. The molecule has 0 spiro atoms. The molecule has 0 saturated heterocycles. The third-order valence-corrected chi connectivity index (χ3v) is 3.77. The number of halogens is 2. The summed E-state index contributed by atoms with van der Waals surface area (Å²) in [5.74, 6) is 0.899. The van der Waals surface area contributed by atoms with Gasteiger partial charge in [0, 0.05) is 7.05 Å². The number of para-hydroxylation sites is 1. The Kier molecular flexibility index (Phi) is 3.86. The Labute approximate surface area is 116 Å². The molecular weight excluding hydrogens is 383 g/mol. The summed E-state index contributed by atoms with van der Waals surface area (Å²) in [6.07, 6.45) is 1.77. The maximum Gasteiger partial charge on any atom is 0.133 e. The van der Waals surface area contributed by atoms with Crippen LogP contribution in [0, 0.1) is 3.57 Å². The predicted molar refractivity (Wildman–Crippen MR) is 74.4 cm³/mol. The lowest BCUT2D eigenvalue weighted by molar-refractivity contribution is 0.292. The second kappa shape index (κ2) is 5.18. The summed E-state index contributed by atoms with van der Waals surface area (Å²) in [6.45, 7) is 0.511. The molecule has 0 aliphatic carbocycles. The summed E-state index contributed by atoms with van der Waals surface area (Å²) < 4.78 is 9.63. The quantitative estimate of drug-likeness (QED) is 0.749. The van der Waals surface area contributed by atoms with Crippen molar-refractivity contribution in [2.45, 2.75) is 6.61 Å². The van der Waals surface area contributed by atoms with Gasteiger partial charge in [-0.25, -0.2) is 0 Å². The summed E-state index contributed by atoms with van der Waals surface area (Å²) in [5, 5.41) is 4.14. The van der Waals surface area contributed by atoms with Crippen LogP contribution in [0.25, 0.3) is 0 Å². The maximum atomic E-state index is 5.74. The molecular formula is C11H10BrIN2O. The minimum atomic E-state index is 0.511. The smallest absolute Gasteiger partial charge is 0.133 e. The molecule has 0 aliphatic rings. The van der Waals surface area contributed by atoms with Gasteiger partial charge in [0.1, 0.15) is 12.4 Å². The molecule has 1 aromatic heterocycles. The van der Waals surface area contributed by atoms with E-state index in [9.17, 15) is 0 Å². The van der Waals surface area contributed by atoms with Gasteiger partial charge in [0.25, 0.3) is 0 Å². The van der Waals surface area contributed by atoms with E-state index in [0.29, 0.717) is 6.61 Å². The van der Waals surface area contributed by atoms with E-state index in [1.54, 1.807) is 10.9 Å². The van der Waals surface area contributed by atoms with Gasteiger partial charge >= 0.3 is 0 Å². The van der Waals surface area contributed by atoms with Crippen molar-refractivity contribution < 1.29 is 4.74 Å². The number of aromatic nitrogens is 2. The molecule has 0 saturated carbocycles. The second-order valence-corrected chi connectivity index (χ2v) is 5.30. The number of hydrogen-bond acceptors (Lipinski definition) is 2. The molecule has 0 N–H and O–H groups in total. The molecule has 0 unspecified atom stereocenters. The fourth-order valence-electron chi connectivity index (χ4n) is 1.31. The fraction of sp³-hybridized carbons (Fsp3) is 0.182. The van der Waals surface area contributed by atoms with E-state index in [1.807, 2.05) is 31.3 Å². The molecule has 16 heavy (non-hydrogen) atoms. The highest BCUT2D eigenvalue weighted by Crippen LogP contribution is 2.22. The zero-order valence-corrected chi connectivity index (χ0v) is 12.4. The Bertz CT molecular complexity index is 479. The van der Waals surface area contributed by atoms with Crippen molar-refractivity contribution in [3.63, 3.8) is 0 Å². The van der Waals surface area contributed by atoms with Crippen molar-refractivity contribution in [2.24, 2.45) is 7.05 Å². The van der Waals surface area contributed by atoms with Gasteiger partial charge in [-0.3, -0.25) is 4.68 Å². The first-order valence-corrected chi connectivity index (χ1v) is 6.59. The second-order valence-electron chi connectivity index (χ2n) is 3.28. The van der Waals surface area contributed by atoms with Crippen molar-refractivity contribution in [3.8, 4) is 5.75 Å². The number of ether oxygens (including phenoxy) is 1. The lowest BCUT2D eigenvalue weighted by Crippen LogP contribution is -2.04. The number of rotatable bonds is 3. The normalized spacial score (nSPS) is 10.4. The van der Waals surface area contributed by atoms with Gasteiger partial charge in [0.15, 0.2) is 0 Å². The number of nitrogens with zero attached hydrogens (tertiary/aromatic N) is 2. The van der Waals surface area contributed by atoms with E-state index >= 15 is 0 Å². The maximum absolute atomic E-state index is 5.74. The number of benzene rings is 1. The van der Waals surface area contributed by atoms with Crippen molar-refractivity contribution in [1.82, 2.24) is 9.78 Å². The Morgan fingerprint density at radius 1 is 1.44 bits per heavy atom. The van der Waals surface area contributed by atoms with Crippen LogP contribution in [0.1, 0.15) is 5.69 Å². The molecule has 0 fully saturated rings. The van der Waals surface area contributed by atoms with E-state index < -0.39 is 0 Å². The molecule has 84 valence electrons. The summed E-state index contributed by atoms with van der Waals surface area (Å²) in [7, 11) is 1.90. The lowest BCUT2D eigenvalue weighted by Gasteiger charge is -2.08. The first-order chi connectivity index (χ1) is 7.68. The highest BCUT2D eigenvalue weighted by molar-refractivity contribution is 14.1. The van der Waals surface area contributed by atoms with Gasteiger partial charge < -0.3 is 4.74 Å². The molecule has 0 atom stereocenters. The number of hydrogen-bond donors (Lipinski definition) is 0. The van der Waals surface area contributed by atoms with Crippen LogP contribution in [0.3, 0.4) is 0 Å². The molecule has 0 aliphatic heterocycles. The number of aryl methyl sites for hydroxylation is 1. The molecule has 1 heterocycles. The van der Waals surface area contributed by atoms with Crippen LogP contribution < -0.4 is 4.74 Å². The average molecular weight is 393 g/mol. The Balaban J connectivity index is 2.11. The van der Waals surface area contributed by atoms with E-state index in [1.165, 1.54) is 0 Å². The summed E-state index contributed by atoms with van der Waals surface area (Å²) in [6, 6.07) is 7.95. The van der Waals surface area contributed by atoms with Crippen LogP contribution >= 0.6 is 38.5 Å². The van der Waals surface area contributed by atoms with Crippen molar-refractivity contribution in [2.75, 3.05) is 0 Å². The predicted octanol–water partition coefficient (Wildman–Crippen LogP) is 3.37. The van der Waals surface area contributed by atoms with E-state index in [-0.39, 0.29) is 0 Å². The highest BCUT2D eigenvalue weighted by Gasteiger charge is 2.07. The molecule has 2 aromatic rings. The van der Waals surface area contributed by atoms with Crippen LogP contribution in [0.5, 0.6) is 5.75 Å². The lowest BCUT2D eigenvalue weighted by atomic mass is 10.3. The molecule has 1 aromatic carbocycles. The largest absolute Gasteiger partial charge is 0.486 e. The Hall–Kier alpha value is -0.560. The average Bonchev–Trinajstić information content (AvgIpc) is 2.58.